The van der Waals surface area contributed by atoms with E-state index in [4.69, 9.17) is 4.74 Å². The molecule has 0 saturated carbocycles. The van der Waals surface area contributed by atoms with Crippen molar-refractivity contribution in [1.29, 1.82) is 0 Å². The topological polar surface area (TPSA) is 88.2 Å². The lowest BCUT2D eigenvalue weighted by Crippen LogP contribution is -2.27. The number of aromatic nitrogens is 3. The lowest BCUT2D eigenvalue weighted by molar-refractivity contribution is 0.411. The van der Waals surface area contributed by atoms with Gasteiger partial charge in [-0.05, 0) is 19.1 Å². The number of methoxy groups -OCH3 is 1. The van der Waals surface area contributed by atoms with Crippen molar-refractivity contribution in [2.45, 2.75) is 18.4 Å². The average molecular weight is 372 g/mol. The molecule has 0 aliphatic carbocycles. The van der Waals surface area contributed by atoms with Gasteiger partial charge in [-0.2, -0.15) is 9.40 Å². The summed E-state index contributed by atoms with van der Waals surface area (Å²) >= 11 is 0. The second kappa shape index (κ2) is 7.27. The standard InChI is InChI=1S/C18H20N4O3S/c1-13-17(11-20-21-13)16-6-4-5-7-18(16)26(23,24)22(2)12-14-10-15(25-3)8-9-19-14/h4-11H,12H2,1-3H3,(H,20,21). The van der Waals surface area contributed by atoms with Crippen molar-refractivity contribution in [2.75, 3.05) is 14.2 Å². The van der Waals surface area contributed by atoms with Gasteiger partial charge in [0.25, 0.3) is 0 Å². The molecule has 0 radical (unpaired) electrons. The molecule has 0 atom stereocenters. The summed E-state index contributed by atoms with van der Waals surface area (Å²) in [4.78, 5) is 4.45. The Morgan fingerprint density at radius 1 is 1.19 bits per heavy atom. The minimum absolute atomic E-state index is 0.137. The third kappa shape index (κ3) is 3.47. The first-order valence-electron chi connectivity index (χ1n) is 7.98. The number of benzene rings is 1. The van der Waals surface area contributed by atoms with E-state index < -0.39 is 10.0 Å². The second-order valence-corrected chi connectivity index (χ2v) is 7.87. The number of rotatable bonds is 6. The third-order valence-electron chi connectivity index (χ3n) is 4.10. The summed E-state index contributed by atoms with van der Waals surface area (Å²) in [5, 5.41) is 6.84. The van der Waals surface area contributed by atoms with E-state index in [1.54, 1.807) is 49.8 Å². The molecule has 26 heavy (non-hydrogen) atoms. The van der Waals surface area contributed by atoms with E-state index >= 15 is 0 Å². The lowest BCUT2D eigenvalue weighted by atomic mass is 10.1. The molecule has 0 amide bonds. The molecular formula is C18H20N4O3S. The maximum atomic E-state index is 13.2. The molecule has 0 aliphatic heterocycles. The van der Waals surface area contributed by atoms with Crippen molar-refractivity contribution in [1.82, 2.24) is 19.5 Å². The molecule has 136 valence electrons. The molecule has 7 nitrogen and oxygen atoms in total. The quantitative estimate of drug-likeness (QED) is 0.718. The molecule has 1 N–H and O–H groups in total. The summed E-state index contributed by atoms with van der Waals surface area (Å²) in [6.07, 6.45) is 3.23. The van der Waals surface area contributed by atoms with E-state index in [9.17, 15) is 8.42 Å². The van der Waals surface area contributed by atoms with E-state index in [2.05, 4.69) is 15.2 Å². The van der Waals surface area contributed by atoms with Gasteiger partial charge in [0.1, 0.15) is 5.75 Å². The number of nitrogens with zero attached hydrogens (tertiary/aromatic N) is 3. The molecule has 2 aromatic heterocycles. The molecule has 0 fully saturated rings. The van der Waals surface area contributed by atoms with Crippen LogP contribution in [0.15, 0.2) is 53.7 Å². The van der Waals surface area contributed by atoms with Gasteiger partial charge < -0.3 is 4.74 Å². The van der Waals surface area contributed by atoms with Gasteiger partial charge in [-0.3, -0.25) is 10.1 Å². The SMILES string of the molecule is COc1ccnc(CN(C)S(=O)(=O)c2ccccc2-c2cn[nH]c2C)c1. The third-order valence-corrected chi connectivity index (χ3v) is 5.97. The van der Waals surface area contributed by atoms with E-state index in [0.717, 1.165) is 11.3 Å². The monoisotopic (exact) mass is 372 g/mol. The summed E-state index contributed by atoms with van der Waals surface area (Å²) in [6.45, 7) is 1.99. The highest BCUT2D eigenvalue weighted by Crippen LogP contribution is 2.30. The summed E-state index contributed by atoms with van der Waals surface area (Å²) in [5.74, 6) is 0.634. The molecule has 1 aromatic carbocycles. The van der Waals surface area contributed by atoms with Gasteiger partial charge in [0, 0.05) is 36.1 Å². The maximum absolute atomic E-state index is 13.2. The minimum atomic E-state index is -3.72. The fraction of sp³-hybridized carbons (Fsp3) is 0.222. The van der Waals surface area contributed by atoms with Crippen LogP contribution >= 0.6 is 0 Å². The molecule has 0 unspecified atom stereocenters. The van der Waals surface area contributed by atoms with Crippen LogP contribution in [0.4, 0.5) is 0 Å². The summed E-state index contributed by atoms with van der Waals surface area (Å²) < 4.78 is 32.8. The number of sulfonamides is 1. The number of aromatic amines is 1. The summed E-state index contributed by atoms with van der Waals surface area (Å²) in [7, 11) is -0.624. The zero-order valence-electron chi connectivity index (χ0n) is 14.8. The van der Waals surface area contributed by atoms with Crippen LogP contribution in [0.5, 0.6) is 5.75 Å². The van der Waals surface area contributed by atoms with E-state index in [1.807, 2.05) is 13.0 Å². The molecule has 2 heterocycles. The number of H-pyrrole nitrogens is 1. The molecule has 3 rings (SSSR count). The van der Waals surface area contributed by atoms with Crippen molar-refractivity contribution in [3.05, 3.63) is 60.2 Å². The first kappa shape index (κ1) is 18.1. The fourth-order valence-corrected chi connectivity index (χ4v) is 4.03. The van der Waals surface area contributed by atoms with Gasteiger partial charge in [-0.15, -0.1) is 0 Å². The molecule has 0 aliphatic rings. The van der Waals surface area contributed by atoms with Gasteiger partial charge in [-0.25, -0.2) is 8.42 Å². The van der Waals surface area contributed by atoms with Crippen LogP contribution < -0.4 is 4.74 Å². The predicted molar refractivity (Wildman–Crippen MR) is 98.2 cm³/mol. The first-order chi connectivity index (χ1) is 12.4. The molecular weight excluding hydrogens is 352 g/mol. The minimum Gasteiger partial charge on any atom is -0.497 e. The fourth-order valence-electron chi connectivity index (χ4n) is 2.69. The largest absolute Gasteiger partial charge is 0.497 e. The highest BCUT2D eigenvalue weighted by Gasteiger charge is 2.25. The highest BCUT2D eigenvalue weighted by atomic mass is 32.2. The van der Waals surface area contributed by atoms with Gasteiger partial charge in [0.2, 0.25) is 10.0 Å². The molecule has 0 spiro atoms. The Labute approximate surface area is 152 Å². The second-order valence-electron chi connectivity index (χ2n) is 5.85. The Bertz CT molecular complexity index is 1010. The van der Waals surface area contributed by atoms with Crippen LogP contribution in [-0.4, -0.2) is 42.1 Å². The molecule has 3 aromatic rings. The van der Waals surface area contributed by atoms with Gasteiger partial charge >= 0.3 is 0 Å². The van der Waals surface area contributed by atoms with Gasteiger partial charge in [0.05, 0.1) is 30.4 Å². The lowest BCUT2D eigenvalue weighted by Gasteiger charge is -2.19. The molecule has 8 heteroatoms. The Morgan fingerprint density at radius 3 is 2.65 bits per heavy atom. The van der Waals surface area contributed by atoms with Crippen LogP contribution in [-0.2, 0) is 16.6 Å². The van der Waals surface area contributed by atoms with E-state index in [0.29, 0.717) is 17.0 Å². The Balaban J connectivity index is 1.97. The summed E-state index contributed by atoms with van der Waals surface area (Å²) in [6, 6.07) is 10.3. The Hall–Kier alpha value is -2.71. The first-order valence-corrected chi connectivity index (χ1v) is 9.42. The molecule has 0 bridgehead atoms. The number of pyridine rings is 1. The Kier molecular flexibility index (Phi) is 5.06. The smallest absolute Gasteiger partial charge is 0.243 e. The van der Waals surface area contributed by atoms with Gasteiger partial charge in [0.15, 0.2) is 0 Å². The van der Waals surface area contributed by atoms with E-state index in [-0.39, 0.29) is 11.4 Å². The zero-order valence-corrected chi connectivity index (χ0v) is 15.6. The maximum Gasteiger partial charge on any atom is 0.243 e. The summed E-state index contributed by atoms with van der Waals surface area (Å²) in [5.41, 5.74) is 2.79. The molecule has 0 saturated heterocycles. The van der Waals surface area contributed by atoms with Crippen molar-refractivity contribution in [3.8, 4) is 16.9 Å². The van der Waals surface area contributed by atoms with Crippen molar-refractivity contribution in [2.24, 2.45) is 0 Å². The van der Waals surface area contributed by atoms with Gasteiger partial charge in [-0.1, -0.05) is 18.2 Å². The number of aryl methyl sites for hydroxylation is 1. The Morgan fingerprint density at radius 2 is 1.96 bits per heavy atom. The van der Waals surface area contributed by atoms with Crippen LogP contribution in [0.2, 0.25) is 0 Å². The van der Waals surface area contributed by atoms with Crippen molar-refractivity contribution < 1.29 is 13.2 Å². The highest BCUT2D eigenvalue weighted by molar-refractivity contribution is 7.89. The normalized spacial score (nSPS) is 11.7. The zero-order chi connectivity index (χ0) is 18.7. The van der Waals surface area contributed by atoms with Crippen molar-refractivity contribution in [3.63, 3.8) is 0 Å². The average Bonchev–Trinajstić information content (AvgIpc) is 3.07. The number of nitrogens with one attached hydrogen (secondary N) is 1. The number of hydrogen-bond donors (Lipinski definition) is 1. The van der Waals surface area contributed by atoms with E-state index in [1.165, 1.54) is 11.4 Å². The predicted octanol–water partition coefficient (Wildman–Crippen LogP) is 2.61. The van der Waals surface area contributed by atoms with Crippen LogP contribution in [0.3, 0.4) is 0 Å². The van der Waals surface area contributed by atoms with Crippen LogP contribution in [0, 0.1) is 6.92 Å². The van der Waals surface area contributed by atoms with Crippen LogP contribution in [0.1, 0.15) is 11.4 Å². The number of ether oxygens (including phenoxy) is 1. The van der Waals surface area contributed by atoms with Crippen molar-refractivity contribution >= 4 is 10.0 Å². The van der Waals surface area contributed by atoms with Crippen LogP contribution in [0.25, 0.3) is 11.1 Å². The number of hydrogen-bond acceptors (Lipinski definition) is 5.